The highest BCUT2D eigenvalue weighted by Gasteiger charge is 2.33. The summed E-state index contributed by atoms with van der Waals surface area (Å²) >= 11 is 0. The lowest BCUT2D eigenvalue weighted by Gasteiger charge is -2.36. The Morgan fingerprint density at radius 3 is 1.75 bits per heavy atom. The maximum atomic E-state index is 5.40. The van der Waals surface area contributed by atoms with Crippen LogP contribution in [0.4, 0.5) is 0 Å². The van der Waals surface area contributed by atoms with Gasteiger partial charge < -0.3 is 13.9 Å². The van der Waals surface area contributed by atoms with Crippen molar-refractivity contribution in [2.75, 3.05) is 27.3 Å². The molecule has 0 fully saturated rings. The average Bonchev–Trinajstić information content (AvgIpc) is 2.03. The third kappa shape index (κ3) is 2.84. The Labute approximate surface area is 77.3 Å². The standard InChI is InChI=1S/C7H19NO3Si/c1-5-9-7(11-12,8(3)4)10-6-2/h5-6H2,1-4,12H3. The van der Waals surface area contributed by atoms with Crippen LogP contribution in [0.1, 0.15) is 13.8 Å². The number of nitrogens with zero attached hydrogens (tertiary/aromatic N) is 1. The second-order valence-electron chi connectivity index (χ2n) is 2.49. The molecule has 0 saturated heterocycles. The highest BCUT2D eigenvalue weighted by Crippen LogP contribution is 2.16. The Hall–Kier alpha value is 0.0569. The van der Waals surface area contributed by atoms with E-state index in [9.17, 15) is 0 Å². The molecule has 0 unspecified atom stereocenters. The van der Waals surface area contributed by atoms with Gasteiger partial charge in [0, 0.05) is 0 Å². The Balaban J connectivity index is 4.28. The Morgan fingerprint density at radius 2 is 1.58 bits per heavy atom. The van der Waals surface area contributed by atoms with Crippen LogP contribution in [-0.2, 0) is 13.9 Å². The van der Waals surface area contributed by atoms with Gasteiger partial charge in [-0.2, -0.15) is 0 Å². The van der Waals surface area contributed by atoms with Crippen LogP contribution in [0, 0.1) is 0 Å². The fourth-order valence-electron chi connectivity index (χ4n) is 0.965. The summed E-state index contributed by atoms with van der Waals surface area (Å²) in [6, 6.07) is 0. The molecule has 0 saturated carbocycles. The molecule has 0 aromatic rings. The molecule has 0 aromatic heterocycles. The monoisotopic (exact) mass is 193 g/mol. The largest absolute Gasteiger partial charge is 0.367 e. The van der Waals surface area contributed by atoms with Gasteiger partial charge in [0.05, 0.1) is 13.2 Å². The predicted octanol–water partition coefficient (Wildman–Crippen LogP) is -0.471. The van der Waals surface area contributed by atoms with Crippen LogP contribution < -0.4 is 0 Å². The first-order valence-corrected chi connectivity index (χ1v) is 4.95. The van der Waals surface area contributed by atoms with Gasteiger partial charge in [0.25, 0.3) is 0 Å². The molecule has 0 amide bonds. The van der Waals surface area contributed by atoms with E-state index in [-0.39, 0.29) is 0 Å². The van der Waals surface area contributed by atoms with Gasteiger partial charge in [-0.25, -0.2) is 4.90 Å². The summed E-state index contributed by atoms with van der Waals surface area (Å²) in [5, 5.41) is 0. The summed E-state index contributed by atoms with van der Waals surface area (Å²) in [4.78, 5) is 1.78. The molecular formula is C7H19NO3Si. The van der Waals surface area contributed by atoms with Crippen LogP contribution >= 0.6 is 0 Å². The first-order chi connectivity index (χ1) is 5.63. The van der Waals surface area contributed by atoms with E-state index in [1.54, 1.807) is 4.90 Å². The predicted molar refractivity (Wildman–Crippen MR) is 50.7 cm³/mol. The molecule has 0 radical (unpaired) electrons. The zero-order valence-corrected chi connectivity index (χ0v) is 10.6. The molecule has 0 aliphatic rings. The molecule has 12 heavy (non-hydrogen) atoms. The molecule has 0 atom stereocenters. The van der Waals surface area contributed by atoms with Crippen LogP contribution in [0.3, 0.4) is 0 Å². The smallest absolute Gasteiger partial charge is 0.342 e. The van der Waals surface area contributed by atoms with Gasteiger partial charge in [0.2, 0.25) is 0 Å². The van der Waals surface area contributed by atoms with E-state index in [0.29, 0.717) is 23.7 Å². The van der Waals surface area contributed by atoms with Crippen molar-refractivity contribution in [1.29, 1.82) is 0 Å². The van der Waals surface area contributed by atoms with Crippen LogP contribution in [0.15, 0.2) is 0 Å². The van der Waals surface area contributed by atoms with Crippen molar-refractivity contribution in [1.82, 2.24) is 4.90 Å². The number of ether oxygens (including phenoxy) is 2. The van der Waals surface area contributed by atoms with Crippen LogP contribution in [0.25, 0.3) is 0 Å². The molecule has 4 nitrogen and oxygen atoms in total. The lowest BCUT2D eigenvalue weighted by Crippen LogP contribution is -2.51. The Morgan fingerprint density at radius 1 is 1.17 bits per heavy atom. The molecule has 74 valence electrons. The molecule has 0 aliphatic heterocycles. The lowest BCUT2D eigenvalue weighted by atomic mass is 10.7. The first kappa shape index (κ1) is 12.1. The topological polar surface area (TPSA) is 30.9 Å². The van der Waals surface area contributed by atoms with Crippen molar-refractivity contribution >= 4 is 10.5 Å². The molecule has 0 heterocycles. The van der Waals surface area contributed by atoms with Crippen molar-refractivity contribution < 1.29 is 13.9 Å². The molecule has 0 spiro atoms. The van der Waals surface area contributed by atoms with E-state index in [1.165, 1.54) is 0 Å². The lowest BCUT2D eigenvalue weighted by molar-refractivity contribution is -0.404. The van der Waals surface area contributed by atoms with Gasteiger partial charge in [-0.15, -0.1) is 0 Å². The van der Waals surface area contributed by atoms with E-state index in [0.717, 1.165) is 0 Å². The zero-order chi connectivity index (χ0) is 9.61. The minimum Gasteiger partial charge on any atom is -0.367 e. The highest BCUT2D eigenvalue weighted by molar-refractivity contribution is 5.98. The summed E-state index contributed by atoms with van der Waals surface area (Å²) < 4.78 is 16.1. The summed E-state index contributed by atoms with van der Waals surface area (Å²) in [5.74, 6) is 0. The summed E-state index contributed by atoms with van der Waals surface area (Å²) in [5.41, 5.74) is 0. The summed E-state index contributed by atoms with van der Waals surface area (Å²) in [6.45, 7) is 4.97. The molecule has 0 bridgehead atoms. The van der Waals surface area contributed by atoms with Crippen LogP contribution in [-0.4, -0.2) is 48.8 Å². The fourth-order valence-corrected chi connectivity index (χ4v) is 1.57. The van der Waals surface area contributed by atoms with Gasteiger partial charge in [0.15, 0.2) is 10.5 Å². The molecule has 0 N–H and O–H groups in total. The van der Waals surface area contributed by atoms with E-state index >= 15 is 0 Å². The third-order valence-electron chi connectivity index (χ3n) is 1.46. The van der Waals surface area contributed by atoms with Gasteiger partial charge in [-0.1, -0.05) is 0 Å². The van der Waals surface area contributed by atoms with Gasteiger partial charge in [-0.05, 0) is 27.9 Å². The molecule has 0 rings (SSSR count). The minimum atomic E-state index is -0.963. The number of rotatable bonds is 6. The normalized spacial score (nSPS) is 12.8. The average molecular weight is 193 g/mol. The second-order valence-corrected chi connectivity index (χ2v) is 2.90. The Kier molecular flexibility index (Phi) is 5.69. The number of hydrogen-bond acceptors (Lipinski definition) is 4. The second kappa shape index (κ2) is 5.66. The molecule has 0 aliphatic carbocycles. The maximum Gasteiger partial charge on any atom is 0.342 e. The maximum absolute atomic E-state index is 5.40. The van der Waals surface area contributed by atoms with Crippen molar-refractivity contribution in [3.63, 3.8) is 0 Å². The third-order valence-corrected chi connectivity index (χ3v) is 1.98. The van der Waals surface area contributed by atoms with Crippen molar-refractivity contribution in [3.8, 4) is 0 Å². The van der Waals surface area contributed by atoms with E-state index in [1.807, 2.05) is 27.9 Å². The SMILES string of the molecule is CCOC(O[SiH3])(OCC)N(C)C. The van der Waals surface area contributed by atoms with E-state index in [2.05, 4.69) is 0 Å². The Bertz CT molecular complexity index is 115. The molecular weight excluding hydrogens is 174 g/mol. The fraction of sp³-hybridized carbons (Fsp3) is 1.00. The van der Waals surface area contributed by atoms with Crippen molar-refractivity contribution in [2.45, 2.75) is 19.9 Å². The van der Waals surface area contributed by atoms with E-state index in [4.69, 9.17) is 13.9 Å². The van der Waals surface area contributed by atoms with E-state index < -0.39 is 6.10 Å². The molecule has 5 heteroatoms. The van der Waals surface area contributed by atoms with Crippen LogP contribution in [0.5, 0.6) is 0 Å². The zero-order valence-electron chi connectivity index (χ0n) is 8.59. The highest BCUT2D eigenvalue weighted by atomic mass is 28.2. The minimum absolute atomic E-state index is 0.570. The van der Waals surface area contributed by atoms with Gasteiger partial charge in [0.1, 0.15) is 0 Å². The van der Waals surface area contributed by atoms with Gasteiger partial charge in [-0.3, -0.25) is 0 Å². The number of hydrogen-bond donors (Lipinski definition) is 0. The summed E-state index contributed by atoms with van der Waals surface area (Å²) in [6.07, 6.45) is -0.963. The molecule has 0 aromatic carbocycles. The van der Waals surface area contributed by atoms with Crippen molar-refractivity contribution in [3.05, 3.63) is 0 Å². The van der Waals surface area contributed by atoms with Crippen molar-refractivity contribution in [2.24, 2.45) is 0 Å². The van der Waals surface area contributed by atoms with Gasteiger partial charge >= 0.3 is 6.10 Å². The van der Waals surface area contributed by atoms with Crippen LogP contribution in [0.2, 0.25) is 0 Å². The first-order valence-electron chi connectivity index (χ1n) is 4.13. The quantitative estimate of drug-likeness (QED) is 0.421. The summed E-state index contributed by atoms with van der Waals surface area (Å²) in [7, 11) is 4.31.